The van der Waals surface area contributed by atoms with Gasteiger partial charge in [0.25, 0.3) is 0 Å². The van der Waals surface area contributed by atoms with E-state index in [-0.39, 0.29) is 6.61 Å². The molecule has 3 aromatic rings. The van der Waals surface area contributed by atoms with Crippen LogP contribution in [0.3, 0.4) is 0 Å². The summed E-state index contributed by atoms with van der Waals surface area (Å²) in [6.07, 6.45) is 0.347. The van der Waals surface area contributed by atoms with Crippen molar-refractivity contribution in [2.45, 2.75) is 25.6 Å². The standard InChI is InChI=1S/C19H16F3NO2/c20-19(21,22)16-4-2-14(3-5-16)18-11-15(12-24)17(25-18)6-1-13-7-9-23-10-8-13/h2-5,7-11,24H,1,6,12H2. The number of hydrogen-bond donors (Lipinski definition) is 1. The fraction of sp³-hybridized carbons (Fsp3) is 0.211. The highest BCUT2D eigenvalue weighted by Crippen LogP contribution is 2.32. The van der Waals surface area contributed by atoms with E-state index in [0.29, 0.717) is 29.1 Å². The Balaban J connectivity index is 1.80. The molecule has 6 heteroatoms. The first-order valence-electron chi connectivity index (χ1n) is 7.76. The number of alkyl halides is 3. The summed E-state index contributed by atoms with van der Waals surface area (Å²) in [5.41, 5.74) is 1.57. The van der Waals surface area contributed by atoms with Gasteiger partial charge in [0.2, 0.25) is 0 Å². The number of hydrogen-bond acceptors (Lipinski definition) is 3. The number of aliphatic hydroxyl groups excluding tert-OH is 1. The minimum Gasteiger partial charge on any atom is -0.461 e. The first-order chi connectivity index (χ1) is 12.0. The van der Waals surface area contributed by atoms with Crippen molar-refractivity contribution >= 4 is 0 Å². The number of pyridine rings is 1. The van der Waals surface area contributed by atoms with Crippen LogP contribution in [-0.4, -0.2) is 10.1 Å². The van der Waals surface area contributed by atoms with E-state index in [9.17, 15) is 18.3 Å². The Morgan fingerprint density at radius 1 is 0.960 bits per heavy atom. The zero-order valence-electron chi connectivity index (χ0n) is 13.3. The summed E-state index contributed by atoms with van der Waals surface area (Å²) < 4.78 is 43.7. The van der Waals surface area contributed by atoms with Gasteiger partial charge in [-0.05, 0) is 42.3 Å². The third kappa shape index (κ3) is 4.09. The van der Waals surface area contributed by atoms with E-state index < -0.39 is 11.7 Å². The van der Waals surface area contributed by atoms with Gasteiger partial charge in [0, 0.05) is 29.9 Å². The van der Waals surface area contributed by atoms with E-state index in [0.717, 1.165) is 24.1 Å². The zero-order chi connectivity index (χ0) is 17.9. The molecule has 0 fully saturated rings. The van der Waals surface area contributed by atoms with Crippen LogP contribution in [-0.2, 0) is 25.6 Å². The molecule has 25 heavy (non-hydrogen) atoms. The third-order valence-corrected chi connectivity index (χ3v) is 3.95. The maximum absolute atomic E-state index is 12.6. The van der Waals surface area contributed by atoms with E-state index in [4.69, 9.17) is 4.42 Å². The molecule has 0 saturated carbocycles. The molecule has 0 aliphatic rings. The maximum Gasteiger partial charge on any atom is 0.416 e. The Morgan fingerprint density at radius 2 is 1.64 bits per heavy atom. The molecule has 0 atom stereocenters. The van der Waals surface area contributed by atoms with Crippen LogP contribution in [0, 0.1) is 0 Å². The lowest BCUT2D eigenvalue weighted by Gasteiger charge is -2.06. The number of nitrogens with zero attached hydrogens (tertiary/aromatic N) is 1. The van der Waals surface area contributed by atoms with Gasteiger partial charge in [-0.3, -0.25) is 4.98 Å². The maximum atomic E-state index is 12.6. The molecule has 130 valence electrons. The minimum absolute atomic E-state index is 0.185. The molecule has 3 rings (SSSR count). The second-order valence-electron chi connectivity index (χ2n) is 5.65. The molecular formula is C19H16F3NO2. The van der Waals surface area contributed by atoms with Crippen molar-refractivity contribution in [3.8, 4) is 11.3 Å². The zero-order valence-corrected chi connectivity index (χ0v) is 13.3. The van der Waals surface area contributed by atoms with Gasteiger partial charge in [-0.15, -0.1) is 0 Å². The smallest absolute Gasteiger partial charge is 0.416 e. The molecule has 2 heterocycles. The highest BCUT2D eigenvalue weighted by Gasteiger charge is 2.30. The monoisotopic (exact) mass is 347 g/mol. The summed E-state index contributed by atoms with van der Waals surface area (Å²) in [5.74, 6) is 1.08. The minimum atomic E-state index is -4.37. The van der Waals surface area contributed by atoms with Gasteiger partial charge < -0.3 is 9.52 Å². The van der Waals surface area contributed by atoms with Gasteiger partial charge in [0.1, 0.15) is 11.5 Å². The summed E-state index contributed by atoms with van der Waals surface area (Å²) in [6.45, 7) is -0.185. The van der Waals surface area contributed by atoms with Crippen LogP contribution >= 0.6 is 0 Å². The number of halogens is 3. The molecule has 0 unspecified atom stereocenters. The molecule has 0 spiro atoms. The number of aromatic nitrogens is 1. The van der Waals surface area contributed by atoms with Gasteiger partial charge in [0.05, 0.1) is 12.2 Å². The molecule has 3 nitrogen and oxygen atoms in total. The highest BCUT2D eigenvalue weighted by molar-refractivity contribution is 5.59. The fourth-order valence-electron chi connectivity index (χ4n) is 2.58. The average Bonchev–Trinajstić information content (AvgIpc) is 3.03. The highest BCUT2D eigenvalue weighted by atomic mass is 19.4. The largest absolute Gasteiger partial charge is 0.461 e. The van der Waals surface area contributed by atoms with Crippen LogP contribution in [0.25, 0.3) is 11.3 Å². The van der Waals surface area contributed by atoms with Crippen LogP contribution in [0.2, 0.25) is 0 Å². The van der Waals surface area contributed by atoms with E-state index in [2.05, 4.69) is 4.98 Å². The van der Waals surface area contributed by atoms with Crippen LogP contribution in [0.1, 0.15) is 22.5 Å². The van der Waals surface area contributed by atoms with Crippen LogP contribution < -0.4 is 0 Å². The van der Waals surface area contributed by atoms with Gasteiger partial charge in [-0.25, -0.2) is 0 Å². The van der Waals surface area contributed by atoms with Crippen LogP contribution in [0.15, 0.2) is 59.3 Å². The molecule has 0 aliphatic carbocycles. The van der Waals surface area contributed by atoms with Crippen molar-refractivity contribution in [1.29, 1.82) is 0 Å². The summed E-state index contributed by atoms with van der Waals surface area (Å²) in [7, 11) is 0. The fourth-order valence-corrected chi connectivity index (χ4v) is 2.58. The number of furan rings is 1. The molecule has 0 aliphatic heterocycles. The van der Waals surface area contributed by atoms with Crippen molar-refractivity contribution in [3.05, 3.63) is 77.3 Å². The number of aryl methyl sites for hydroxylation is 2. The van der Waals surface area contributed by atoms with Crippen molar-refractivity contribution in [2.24, 2.45) is 0 Å². The topological polar surface area (TPSA) is 46.3 Å². The Morgan fingerprint density at radius 3 is 2.24 bits per heavy atom. The lowest BCUT2D eigenvalue weighted by atomic mass is 10.1. The molecule has 1 aromatic carbocycles. The van der Waals surface area contributed by atoms with Gasteiger partial charge in [-0.2, -0.15) is 13.2 Å². The first kappa shape index (κ1) is 17.2. The molecule has 0 radical (unpaired) electrons. The van der Waals surface area contributed by atoms with Crippen molar-refractivity contribution in [3.63, 3.8) is 0 Å². The van der Waals surface area contributed by atoms with Gasteiger partial charge >= 0.3 is 6.18 Å². The lowest BCUT2D eigenvalue weighted by Crippen LogP contribution is -2.03. The van der Waals surface area contributed by atoms with Crippen LogP contribution in [0.4, 0.5) is 13.2 Å². The number of rotatable bonds is 5. The average molecular weight is 347 g/mol. The van der Waals surface area contributed by atoms with E-state index in [1.54, 1.807) is 18.5 Å². The Hall–Kier alpha value is -2.60. The molecule has 0 amide bonds. The third-order valence-electron chi connectivity index (χ3n) is 3.95. The van der Waals surface area contributed by atoms with E-state index in [1.165, 1.54) is 12.1 Å². The molecule has 0 saturated heterocycles. The van der Waals surface area contributed by atoms with Crippen molar-refractivity contribution < 1.29 is 22.7 Å². The lowest BCUT2D eigenvalue weighted by molar-refractivity contribution is -0.137. The molecule has 2 aromatic heterocycles. The molecule has 0 bridgehead atoms. The molecule has 1 N–H and O–H groups in total. The van der Waals surface area contributed by atoms with Crippen molar-refractivity contribution in [1.82, 2.24) is 4.98 Å². The van der Waals surface area contributed by atoms with E-state index in [1.807, 2.05) is 12.1 Å². The summed E-state index contributed by atoms with van der Waals surface area (Å²) in [5, 5.41) is 9.51. The second-order valence-corrected chi connectivity index (χ2v) is 5.65. The Kier molecular flexibility index (Phi) is 4.90. The first-order valence-corrected chi connectivity index (χ1v) is 7.76. The summed E-state index contributed by atoms with van der Waals surface area (Å²) in [6, 6.07) is 10.3. The number of aliphatic hydroxyl groups is 1. The van der Waals surface area contributed by atoms with E-state index >= 15 is 0 Å². The normalized spacial score (nSPS) is 11.7. The SMILES string of the molecule is OCc1cc(-c2ccc(C(F)(F)F)cc2)oc1CCc1ccncc1. The Bertz CT molecular complexity index is 824. The molecular weight excluding hydrogens is 331 g/mol. The number of benzene rings is 1. The van der Waals surface area contributed by atoms with Gasteiger partial charge in [-0.1, -0.05) is 12.1 Å². The predicted molar refractivity (Wildman–Crippen MR) is 86.7 cm³/mol. The van der Waals surface area contributed by atoms with Crippen molar-refractivity contribution in [2.75, 3.05) is 0 Å². The predicted octanol–water partition coefficient (Wildman–Crippen LogP) is 4.64. The second kappa shape index (κ2) is 7.11. The quantitative estimate of drug-likeness (QED) is 0.731. The summed E-state index contributed by atoms with van der Waals surface area (Å²) in [4.78, 5) is 3.96. The Labute approximate surface area is 142 Å². The van der Waals surface area contributed by atoms with Crippen LogP contribution in [0.5, 0.6) is 0 Å². The summed E-state index contributed by atoms with van der Waals surface area (Å²) >= 11 is 0. The van der Waals surface area contributed by atoms with Gasteiger partial charge in [0.15, 0.2) is 0 Å².